The maximum atomic E-state index is 5.88. The van der Waals surface area contributed by atoms with Crippen LogP contribution in [0, 0.1) is 0 Å². The third-order valence-corrected chi connectivity index (χ3v) is 2.14. The topological polar surface area (TPSA) is 43.6 Å². The van der Waals surface area contributed by atoms with E-state index in [-0.39, 0.29) is 5.15 Å². The Balaban J connectivity index is 2.52. The molecule has 0 radical (unpaired) electrons. The lowest BCUT2D eigenvalue weighted by Gasteiger charge is -2.00. The highest BCUT2D eigenvalue weighted by molar-refractivity contribution is 6.34. The van der Waals surface area contributed by atoms with Gasteiger partial charge in [-0.15, -0.1) is 10.2 Å². The lowest BCUT2D eigenvalue weighted by atomic mass is 10.5. The minimum absolute atomic E-state index is 0.233. The maximum absolute atomic E-state index is 5.88. The maximum Gasteiger partial charge on any atom is 0.194 e. The summed E-state index contributed by atoms with van der Waals surface area (Å²) in [5, 5.41) is 12.3. The van der Waals surface area contributed by atoms with Crippen molar-refractivity contribution in [3.63, 3.8) is 0 Å². The summed E-state index contributed by atoms with van der Waals surface area (Å²) in [4.78, 5) is 0. The van der Waals surface area contributed by atoms with Gasteiger partial charge in [-0.3, -0.25) is 0 Å². The average molecular weight is 249 g/mol. The number of aromatic nitrogens is 4. The predicted molar refractivity (Wildman–Crippen MR) is 54.2 cm³/mol. The molecule has 0 spiro atoms. The van der Waals surface area contributed by atoms with Crippen LogP contribution in [-0.2, 0) is 0 Å². The van der Waals surface area contributed by atoms with E-state index in [0.717, 1.165) is 0 Å². The molecule has 4 nitrogen and oxygen atoms in total. The lowest BCUT2D eigenvalue weighted by molar-refractivity contribution is 0.815. The second kappa shape index (κ2) is 3.73. The van der Waals surface area contributed by atoms with Crippen LogP contribution in [0.5, 0.6) is 0 Å². The molecule has 0 N–H and O–H groups in total. The first-order chi connectivity index (χ1) is 6.66. The van der Waals surface area contributed by atoms with E-state index in [1.54, 1.807) is 12.3 Å². The summed E-state index contributed by atoms with van der Waals surface area (Å²) in [7, 11) is 0. The Labute approximate surface area is 94.4 Å². The molecule has 0 unspecified atom stereocenters. The fourth-order valence-corrected chi connectivity index (χ4v) is 1.48. The van der Waals surface area contributed by atoms with Crippen LogP contribution in [0.3, 0.4) is 0 Å². The molecular formula is C7H3Cl3N4. The van der Waals surface area contributed by atoms with Gasteiger partial charge in [0.15, 0.2) is 16.1 Å². The van der Waals surface area contributed by atoms with Crippen LogP contribution in [0.15, 0.2) is 18.3 Å². The molecule has 0 aromatic carbocycles. The van der Waals surface area contributed by atoms with E-state index in [1.807, 2.05) is 0 Å². The smallest absolute Gasteiger partial charge is 0.194 e. The Bertz CT molecular complexity index is 468. The summed E-state index contributed by atoms with van der Waals surface area (Å²) in [6, 6.07) is 3.11. The van der Waals surface area contributed by atoms with Crippen molar-refractivity contribution in [1.29, 1.82) is 0 Å². The minimum Gasteiger partial charge on any atom is -0.218 e. The predicted octanol–water partition coefficient (Wildman–Crippen LogP) is 2.62. The normalized spacial score (nSPS) is 10.5. The zero-order valence-corrected chi connectivity index (χ0v) is 8.92. The van der Waals surface area contributed by atoms with Gasteiger partial charge in [0.05, 0.1) is 5.02 Å². The molecule has 0 atom stereocenters. The first kappa shape index (κ1) is 9.71. The summed E-state index contributed by atoms with van der Waals surface area (Å²) in [5.41, 5.74) is 0. The van der Waals surface area contributed by atoms with Crippen molar-refractivity contribution in [2.75, 3.05) is 0 Å². The summed E-state index contributed by atoms with van der Waals surface area (Å²) >= 11 is 17.1. The molecule has 0 aliphatic heterocycles. The number of rotatable bonds is 1. The van der Waals surface area contributed by atoms with Gasteiger partial charge in [-0.2, -0.15) is 5.10 Å². The van der Waals surface area contributed by atoms with Gasteiger partial charge in [-0.25, -0.2) is 4.68 Å². The van der Waals surface area contributed by atoms with Gasteiger partial charge in [0.2, 0.25) is 0 Å². The number of halogens is 3. The van der Waals surface area contributed by atoms with Gasteiger partial charge in [-0.1, -0.05) is 34.8 Å². The highest BCUT2D eigenvalue weighted by Crippen LogP contribution is 2.20. The molecule has 0 aliphatic rings. The quantitative estimate of drug-likeness (QED) is 0.780. The molecule has 2 heterocycles. The number of nitrogens with zero attached hydrogens (tertiary/aromatic N) is 4. The van der Waals surface area contributed by atoms with Crippen molar-refractivity contribution in [2.24, 2.45) is 0 Å². The Kier molecular flexibility index (Phi) is 2.58. The molecule has 0 saturated heterocycles. The highest BCUT2D eigenvalue weighted by atomic mass is 35.5. The van der Waals surface area contributed by atoms with Gasteiger partial charge < -0.3 is 0 Å². The molecule has 0 bridgehead atoms. The molecular weight excluding hydrogens is 246 g/mol. The Morgan fingerprint density at radius 3 is 2.43 bits per heavy atom. The largest absolute Gasteiger partial charge is 0.218 e. The van der Waals surface area contributed by atoms with Gasteiger partial charge in [0, 0.05) is 6.20 Å². The van der Waals surface area contributed by atoms with Crippen molar-refractivity contribution in [1.82, 2.24) is 20.0 Å². The molecule has 2 aromatic rings. The summed E-state index contributed by atoms with van der Waals surface area (Å²) < 4.78 is 1.42. The molecule has 2 rings (SSSR count). The van der Waals surface area contributed by atoms with Crippen molar-refractivity contribution in [3.8, 4) is 5.82 Å². The fraction of sp³-hybridized carbons (Fsp3) is 0. The molecule has 0 aliphatic carbocycles. The second-order valence-corrected chi connectivity index (χ2v) is 3.60. The van der Waals surface area contributed by atoms with Crippen LogP contribution in [0.25, 0.3) is 5.82 Å². The molecule has 72 valence electrons. The van der Waals surface area contributed by atoms with E-state index in [1.165, 1.54) is 10.7 Å². The van der Waals surface area contributed by atoms with E-state index < -0.39 is 0 Å². The van der Waals surface area contributed by atoms with Crippen LogP contribution < -0.4 is 0 Å². The lowest BCUT2D eigenvalue weighted by Crippen LogP contribution is -2.00. The summed E-state index contributed by atoms with van der Waals surface area (Å²) in [5.74, 6) is 0.392. The Hall–Kier alpha value is -0.840. The second-order valence-electron chi connectivity index (χ2n) is 2.42. The van der Waals surface area contributed by atoms with Crippen LogP contribution >= 0.6 is 34.8 Å². The van der Waals surface area contributed by atoms with Crippen LogP contribution in [0.2, 0.25) is 15.3 Å². The minimum atomic E-state index is 0.233. The van der Waals surface area contributed by atoms with E-state index in [4.69, 9.17) is 34.8 Å². The Morgan fingerprint density at radius 2 is 1.86 bits per heavy atom. The van der Waals surface area contributed by atoms with E-state index in [9.17, 15) is 0 Å². The van der Waals surface area contributed by atoms with Gasteiger partial charge >= 0.3 is 0 Å². The summed E-state index contributed by atoms with van der Waals surface area (Å²) in [6.45, 7) is 0. The number of hydrogen-bond donors (Lipinski definition) is 0. The van der Waals surface area contributed by atoms with Crippen molar-refractivity contribution in [3.05, 3.63) is 33.7 Å². The average Bonchev–Trinajstić information content (AvgIpc) is 2.51. The molecule has 0 fully saturated rings. The van der Waals surface area contributed by atoms with Gasteiger partial charge in [-0.05, 0) is 12.1 Å². The third-order valence-electron chi connectivity index (χ3n) is 1.47. The van der Waals surface area contributed by atoms with Crippen molar-refractivity contribution < 1.29 is 0 Å². The molecule has 2 aromatic heterocycles. The van der Waals surface area contributed by atoms with Crippen LogP contribution in [0.1, 0.15) is 0 Å². The standard InChI is InChI=1S/C7H3Cl3N4/c8-4-3-6(10)11-12-7(4)14-2-1-5(9)13-14/h1-3H. The molecule has 0 amide bonds. The van der Waals surface area contributed by atoms with Gasteiger partial charge in [0.1, 0.15) is 0 Å². The summed E-state index contributed by atoms with van der Waals surface area (Å²) in [6.07, 6.45) is 1.63. The zero-order valence-electron chi connectivity index (χ0n) is 6.65. The van der Waals surface area contributed by atoms with E-state index in [0.29, 0.717) is 16.0 Å². The monoisotopic (exact) mass is 248 g/mol. The zero-order chi connectivity index (χ0) is 10.1. The third kappa shape index (κ3) is 1.82. The van der Waals surface area contributed by atoms with Crippen LogP contribution in [-0.4, -0.2) is 20.0 Å². The highest BCUT2D eigenvalue weighted by Gasteiger charge is 2.07. The molecule has 7 heteroatoms. The molecule has 0 saturated carbocycles. The van der Waals surface area contributed by atoms with Crippen molar-refractivity contribution >= 4 is 34.8 Å². The molecule has 14 heavy (non-hydrogen) atoms. The van der Waals surface area contributed by atoms with Crippen LogP contribution in [0.4, 0.5) is 0 Å². The van der Waals surface area contributed by atoms with Crippen molar-refractivity contribution in [2.45, 2.75) is 0 Å². The van der Waals surface area contributed by atoms with E-state index in [2.05, 4.69) is 15.3 Å². The van der Waals surface area contributed by atoms with E-state index >= 15 is 0 Å². The van der Waals surface area contributed by atoms with Gasteiger partial charge in [0.25, 0.3) is 0 Å². The fourth-order valence-electron chi connectivity index (χ4n) is 0.916. The first-order valence-corrected chi connectivity index (χ1v) is 4.70. The Morgan fingerprint density at radius 1 is 1.07 bits per heavy atom. The first-order valence-electron chi connectivity index (χ1n) is 3.57. The number of hydrogen-bond acceptors (Lipinski definition) is 3. The SMILES string of the molecule is Clc1cc(Cl)c(-n2ccc(Cl)n2)nn1.